The van der Waals surface area contributed by atoms with Crippen LogP contribution in [0, 0.1) is 5.92 Å². The Bertz CT molecular complexity index is 263. The van der Waals surface area contributed by atoms with Crippen molar-refractivity contribution in [2.45, 2.75) is 51.2 Å². The minimum absolute atomic E-state index is 0.495. The number of ether oxygens (including phenoxy) is 3. The van der Waals surface area contributed by atoms with Crippen molar-refractivity contribution in [2.24, 2.45) is 5.92 Å². The van der Waals surface area contributed by atoms with Crippen molar-refractivity contribution < 1.29 is 27.3 Å². The Morgan fingerprint density at radius 3 is 2.45 bits per heavy atom. The van der Waals surface area contributed by atoms with Crippen LogP contribution in [0.15, 0.2) is 0 Å². The summed E-state index contributed by atoms with van der Waals surface area (Å²) < 4.78 is 13.6. The minimum atomic E-state index is 0.495. The molecule has 1 saturated carbocycles. The molecule has 2 rings (SSSR count). The first-order chi connectivity index (χ1) is 10.8. The number of aliphatic hydroxyl groups is 6. The molecule has 0 aromatic heterocycles. The molecular formula is C15H31Cl2CuNO3+2. The van der Waals surface area contributed by atoms with Crippen LogP contribution in [0.4, 0.5) is 0 Å². The Morgan fingerprint density at radius 1 is 1.00 bits per heavy atom. The standard InChI is InChI=1S/C15H28NO3.2ClH.Cu/c1-2-17-9-10-18-11-12-19-14-7-3-5-13-6-4-8-16-15(13)14;;;/h13-15H,2-12H2,1H3;2*1H;/q-1;;;+2/p+1. The van der Waals surface area contributed by atoms with Crippen molar-refractivity contribution in [3.63, 3.8) is 0 Å². The van der Waals surface area contributed by atoms with Gasteiger partial charge >= 0.3 is 33.3 Å². The maximum atomic E-state index is 4.87. The van der Waals surface area contributed by atoms with Gasteiger partial charge < -0.3 is 19.5 Å². The predicted molar refractivity (Wildman–Crippen MR) is 90.7 cm³/mol. The van der Waals surface area contributed by atoms with E-state index in [1.54, 1.807) is 0 Å². The van der Waals surface area contributed by atoms with Crippen LogP contribution in [0.25, 0.3) is 5.32 Å². The average Bonchev–Trinajstić information content (AvgIpc) is 2.55. The second-order valence-electron chi connectivity index (χ2n) is 5.68. The molecule has 1 saturated heterocycles. The van der Waals surface area contributed by atoms with E-state index in [1.165, 1.54) is 32.1 Å². The number of nitrogens with zero attached hydrogens (tertiary/aromatic N) is 1. The zero-order chi connectivity index (χ0) is 16.0. The summed E-state index contributed by atoms with van der Waals surface area (Å²) in [6, 6.07) is 0.539. The molecule has 137 valence electrons. The average molecular weight is 408 g/mol. The maximum absolute atomic E-state index is 4.87. The molecule has 22 heavy (non-hydrogen) atoms. The summed E-state index contributed by atoms with van der Waals surface area (Å²) in [4.78, 5) is 0. The Morgan fingerprint density at radius 2 is 1.68 bits per heavy atom. The number of rotatable bonds is 8. The Labute approximate surface area is 149 Å². The van der Waals surface area contributed by atoms with Gasteiger partial charge in [-0.3, -0.25) is 0 Å². The number of hydrogen-bond donors (Lipinski definition) is 0. The summed E-state index contributed by atoms with van der Waals surface area (Å²) in [5, 5.41) is 4.83. The van der Waals surface area contributed by atoms with Crippen molar-refractivity contribution in [3.05, 3.63) is 5.32 Å². The fraction of sp³-hybridized carbons (Fsp3) is 1.00. The Kier molecular flexibility index (Phi) is 13.6. The van der Waals surface area contributed by atoms with Crippen LogP contribution in [0.3, 0.4) is 0 Å². The molecule has 3 atom stereocenters. The molecule has 1 aliphatic carbocycles. The molecule has 2 fully saturated rings. The number of halogens is 2. The van der Waals surface area contributed by atoms with E-state index in [2.05, 4.69) is 36.6 Å². The second kappa shape index (κ2) is 14.3. The summed E-state index contributed by atoms with van der Waals surface area (Å²) in [6.45, 7) is 7.54. The molecular weight excluding hydrogens is 377 g/mol. The van der Waals surface area contributed by atoms with Gasteiger partial charge in [-0.15, -0.1) is 6.54 Å². The molecule has 3 unspecified atom stereocenters. The molecule has 0 spiro atoms. The first-order valence-corrected chi connectivity index (χ1v) is 10.8. The molecule has 2 aliphatic rings. The van der Waals surface area contributed by atoms with Crippen molar-refractivity contribution in [2.75, 3.05) is 39.6 Å². The normalized spacial score (nSPS) is 27.9. The van der Waals surface area contributed by atoms with Gasteiger partial charge in [0.1, 0.15) is 12.7 Å². The van der Waals surface area contributed by atoms with E-state index in [4.69, 9.17) is 10.1 Å². The van der Waals surface area contributed by atoms with Crippen molar-refractivity contribution in [1.29, 1.82) is 0 Å². The third-order valence-corrected chi connectivity index (χ3v) is 4.29. The Balaban J connectivity index is 0.000000745. The summed E-state index contributed by atoms with van der Waals surface area (Å²) in [5.74, 6) is 0.830. The van der Waals surface area contributed by atoms with Gasteiger partial charge in [0.05, 0.1) is 0 Å². The van der Waals surface area contributed by atoms with E-state index in [9.17, 15) is 0 Å². The van der Waals surface area contributed by atoms with Gasteiger partial charge in [0.15, 0.2) is 0 Å². The summed E-state index contributed by atoms with van der Waals surface area (Å²) in [5.41, 5.74) is 0. The van der Waals surface area contributed by atoms with Crippen LogP contribution in [0.2, 0.25) is 0 Å². The van der Waals surface area contributed by atoms with Crippen molar-refractivity contribution in [1.82, 2.24) is 0 Å². The monoisotopic (exact) mass is 406 g/mol. The zero-order valence-electron chi connectivity index (χ0n) is 13.4. The first-order valence-electron chi connectivity index (χ1n) is 8.24. The van der Waals surface area contributed by atoms with Gasteiger partial charge in [-0.05, 0) is 6.42 Å². The SMILES string of the molecule is CC[OH+]CC[OH+]CC[OH+]C1CCCC2CCC[N-]C21.[Cl][Cu][Cl]. The van der Waals surface area contributed by atoms with Crippen LogP contribution in [0.1, 0.15) is 39.0 Å². The van der Waals surface area contributed by atoms with Crippen molar-refractivity contribution in [3.8, 4) is 0 Å². The van der Waals surface area contributed by atoms with Gasteiger partial charge in [0.25, 0.3) is 0 Å². The molecule has 0 aromatic rings. The fourth-order valence-corrected chi connectivity index (χ4v) is 3.33. The molecule has 0 aromatic carbocycles. The van der Waals surface area contributed by atoms with Crippen molar-refractivity contribution >= 4 is 20.2 Å². The van der Waals surface area contributed by atoms with E-state index in [0.29, 0.717) is 12.1 Å². The summed E-state index contributed by atoms with van der Waals surface area (Å²) >= 11 is 0.757. The van der Waals surface area contributed by atoms with Gasteiger partial charge in [-0.1, -0.05) is 31.2 Å². The molecule has 3 N–H and O–H groups in total. The van der Waals surface area contributed by atoms with E-state index in [0.717, 1.165) is 58.6 Å². The molecule has 0 radical (unpaired) electrons. The number of piperidine rings is 1. The molecule has 0 amide bonds. The second-order valence-corrected chi connectivity index (χ2v) is 7.24. The molecule has 1 heterocycles. The topological polar surface area (TPSA) is 52.5 Å². The first kappa shape index (κ1) is 21.0. The van der Waals surface area contributed by atoms with E-state index < -0.39 is 0 Å². The molecule has 7 heteroatoms. The van der Waals surface area contributed by atoms with Crippen LogP contribution in [-0.2, 0) is 13.1 Å². The van der Waals surface area contributed by atoms with Crippen LogP contribution >= 0.6 is 20.2 Å². The van der Waals surface area contributed by atoms with Crippen LogP contribution < -0.4 is 0 Å². The van der Waals surface area contributed by atoms with Gasteiger partial charge in [-0.2, -0.15) is 0 Å². The predicted octanol–water partition coefficient (Wildman–Crippen LogP) is 2.67. The fourth-order valence-electron chi connectivity index (χ4n) is 3.33. The van der Waals surface area contributed by atoms with Gasteiger partial charge in [0, 0.05) is 13.3 Å². The van der Waals surface area contributed by atoms with E-state index in [1.807, 2.05) is 0 Å². The molecule has 0 bridgehead atoms. The van der Waals surface area contributed by atoms with E-state index >= 15 is 0 Å². The number of hydrogen-bond acceptors (Lipinski definition) is 0. The van der Waals surface area contributed by atoms with Gasteiger partial charge in [0.2, 0.25) is 26.4 Å². The summed E-state index contributed by atoms with van der Waals surface area (Å²) in [6.07, 6.45) is 7.14. The Hall–Kier alpha value is 0.939. The zero-order valence-corrected chi connectivity index (χ0v) is 15.8. The van der Waals surface area contributed by atoms with E-state index in [-0.39, 0.29) is 0 Å². The third kappa shape index (κ3) is 8.70. The van der Waals surface area contributed by atoms with Crippen LogP contribution in [0.5, 0.6) is 0 Å². The summed E-state index contributed by atoms with van der Waals surface area (Å²) in [7, 11) is 9.34. The molecule has 4 nitrogen and oxygen atoms in total. The van der Waals surface area contributed by atoms with Crippen LogP contribution in [-0.4, -0.2) is 65.9 Å². The number of fused-ring (bicyclic) bond motifs is 1. The molecule has 1 aliphatic heterocycles. The quantitative estimate of drug-likeness (QED) is 0.337. The van der Waals surface area contributed by atoms with Gasteiger partial charge in [-0.25, -0.2) is 0 Å². The third-order valence-electron chi connectivity index (χ3n) is 4.29.